The van der Waals surface area contributed by atoms with Gasteiger partial charge in [0.25, 0.3) is 5.70 Å². The second kappa shape index (κ2) is 8.36. The van der Waals surface area contributed by atoms with Crippen molar-refractivity contribution in [3.8, 4) is 0 Å². The van der Waals surface area contributed by atoms with Crippen molar-refractivity contribution in [1.82, 2.24) is 0 Å². The largest absolute Gasteiger partial charge is 0.502 e. The smallest absolute Gasteiger partial charge is 0.288 e. The summed E-state index contributed by atoms with van der Waals surface area (Å²) in [5, 5.41) is 14.5. The molecule has 142 valence electrons. The van der Waals surface area contributed by atoms with Gasteiger partial charge in [0, 0.05) is 22.9 Å². The van der Waals surface area contributed by atoms with E-state index in [0.717, 1.165) is 27.9 Å². The quantitative estimate of drug-likeness (QED) is 0.266. The molecular weight excluding hydrogens is 364 g/mol. The van der Waals surface area contributed by atoms with Gasteiger partial charge in [0.05, 0.1) is 0 Å². The lowest BCUT2D eigenvalue weighted by molar-refractivity contribution is -0.576. The zero-order chi connectivity index (χ0) is 20.3. The van der Waals surface area contributed by atoms with Crippen LogP contribution in [0.15, 0.2) is 67.0 Å². The molecule has 0 atom stereocenters. The van der Waals surface area contributed by atoms with Gasteiger partial charge in [0.2, 0.25) is 0 Å². The summed E-state index contributed by atoms with van der Waals surface area (Å²) in [5.74, 6) is 0.143. The van der Waals surface area contributed by atoms with Crippen molar-refractivity contribution in [1.29, 1.82) is 0 Å². The van der Waals surface area contributed by atoms with E-state index in [-0.39, 0.29) is 5.76 Å². The third kappa shape index (κ3) is 4.29. The molecular formula is C24H25N2OS+. The van der Waals surface area contributed by atoms with E-state index in [0.29, 0.717) is 10.7 Å². The molecule has 4 heteroatoms. The summed E-state index contributed by atoms with van der Waals surface area (Å²) in [5.41, 5.74) is 6.67. The van der Waals surface area contributed by atoms with Crippen LogP contribution in [0.1, 0.15) is 27.8 Å². The second-order valence-electron chi connectivity index (χ2n) is 7.05. The molecule has 1 heterocycles. The first-order valence-corrected chi connectivity index (χ1v) is 9.64. The number of nitrogens with one attached hydrogen (secondary N) is 1. The Morgan fingerprint density at radius 1 is 0.893 bits per heavy atom. The van der Waals surface area contributed by atoms with Gasteiger partial charge >= 0.3 is 0 Å². The van der Waals surface area contributed by atoms with Gasteiger partial charge in [-0.1, -0.05) is 42.5 Å². The van der Waals surface area contributed by atoms with E-state index < -0.39 is 0 Å². The molecule has 0 fully saturated rings. The van der Waals surface area contributed by atoms with Crippen LogP contribution in [0, 0.1) is 27.7 Å². The number of para-hydroxylation sites is 1. The van der Waals surface area contributed by atoms with E-state index in [1.807, 2.05) is 92.3 Å². The molecule has 28 heavy (non-hydrogen) atoms. The minimum Gasteiger partial charge on any atom is -0.502 e. The molecule has 2 aromatic carbocycles. The molecule has 0 bridgehead atoms. The number of aliphatic hydroxyl groups is 1. The number of aryl methyl sites for hydroxylation is 4. The Balaban J connectivity index is 2.13. The van der Waals surface area contributed by atoms with Gasteiger partial charge in [-0.05, 0) is 62.6 Å². The van der Waals surface area contributed by atoms with Gasteiger partial charge in [-0.25, -0.2) is 0 Å². The zero-order valence-electron chi connectivity index (χ0n) is 16.7. The summed E-state index contributed by atoms with van der Waals surface area (Å²) in [7, 11) is 0. The third-order valence-electron chi connectivity index (χ3n) is 4.82. The summed E-state index contributed by atoms with van der Waals surface area (Å²) in [6, 6.07) is 17.8. The van der Waals surface area contributed by atoms with E-state index >= 15 is 0 Å². The van der Waals surface area contributed by atoms with Crippen LogP contribution in [0.25, 0.3) is 11.5 Å². The van der Waals surface area contributed by atoms with Crippen molar-refractivity contribution in [2.24, 2.45) is 0 Å². The van der Waals surface area contributed by atoms with E-state index in [1.165, 1.54) is 5.56 Å². The number of nitrogens with zero attached hydrogens (tertiary/aromatic N) is 1. The van der Waals surface area contributed by atoms with Gasteiger partial charge in [0.15, 0.2) is 23.1 Å². The van der Waals surface area contributed by atoms with Gasteiger partial charge < -0.3 is 10.4 Å². The van der Waals surface area contributed by atoms with E-state index in [2.05, 4.69) is 12.2 Å². The van der Waals surface area contributed by atoms with E-state index in [4.69, 9.17) is 12.2 Å². The number of rotatable bonds is 4. The number of benzene rings is 2. The van der Waals surface area contributed by atoms with Crippen LogP contribution in [0.5, 0.6) is 0 Å². The Morgan fingerprint density at radius 2 is 1.64 bits per heavy atom. The maximum atomic E-state index is 11.2. The molecule has 2 N–H and O–H groups in total. The molecule has 0 aliphatic carbocycles. The van der Waals surface area contributed by atoms with Crippen LogP contribution in [-0.2, 0) is 0 Å². The van der Waals surface area contributed by atoms with Gasteiger partial charge in [-0.15, -0.1) is 0 Å². The lowest BCUT2D eigenvalue weighted by atomic mass is 10.0. The number of pyridine rings is 1. The average Bonchev–Trinajstić information content (AvgIpc) is 2.66. The Kier molecular flexibility index (Phi) is 5.90. The van der Waals surface area contributed by atoms with Crippen LogP contribution in [0.4, 0.5) is 5.69 Å². The van der Waals surface area contributed by atoms with Gasteiger partial charge in [-0.2, -0.15) is 4.57 Å². The summed E-state index contributed by atoms with van der Waals surface area (Å²) >= 11 is 5.73. The highest BCUT2D eigenvalue weighted by Gasteiger charge is 2.24. The maximum Gasteiger partial charge on any atom is 0.288 e. The van der Waals surface area contributed by atoms with Gasteiger partial charge in [-0.3, -0.25) is 0 Å². The molecule has 0 saturated heterocycles. The average molecular weight is 390 g/mol. The van der Waals surface area contributed by atoms with E-state index in [1.54, 1.807) is 0 Å². The first-order valence-electron chi connectivity index (χ1n) is 9.23. The molecule has 3 rings (SSSR count). The molecule has 0 unspecified atom stereocenters. The second-order valence-corrected chi connectivity index (χ2v) is 7.46. The number of thiocarbonyl (C=S) groups is 1. The topological polar surface area (TPSA) is 36.1 Å². The maximum absolute atomic E-state index is 11.2. The number of aromatic nitrogens is 1. The normalized spacial score (nSPS) is 11.7. The van der Waals surface area contributed by atoms with Crippen molar-refractivity contribution < 1.29 is 9.67 Å². The van der Waals surface area contributed by atoms with Crippen molar-refractivity contribution in [2.45, 2.75) is 27.7 Å². The van der Waals surface area contributed by atoms with Crippen LogP contribution < -0.4 is 9.88 Å². The van der Waals surface area contributed by atoms with Crippen LogP contribution in [0.3, 0.4) is 0 Å². The van der Waals surface area contributed by atoms with Crippen molar-refractivity contribution >= 4 is 34.3 Å². The lowest BCUT2D eigenvalue weighted by Crippen LogP contribution is -2.38. The molecule has 0 radical (unpaired) electrons. The molecule has 0 spiro atoms. The lowest BCUT2D eigenvalue weighted by Gasteiger charge is -2.12. The van der Waals surface area contributed by atoms with Crippen LogP contribution >= 0.6 is 12.2 Å². The SMILES string of the molecule is Cc1ccc[n+](C(C(=S)Nc2ccccc2C)=C(O)c2ccc(C)c(C)c2)c1. The Hall–Kier alpha value is -2.98. The van der Waals surface area contributed by atoms with Crippen molar-refractivity contribution in [3.63, 3.8) is 0 Å². The van der Waals surface area contributed by atoms with E-state index in [9.17, 15) is 5.11 Å². The fraction of sp³-hybridized carbons (Fsp3) is 0.167. The van der Waals surface area contributed by atoms with Crippen molar-refractivity contribution in [2.75, 3.05) is 5.32 Å². The van der Waals surface area contributed by atoms with Crippen LogP contribution in [-0.4, -0.2) is 10.1 Å². The highest BCUT2D eigenvalue weighted by molar-refractivity contribution is 7.81. The summed E-state index contributed by atoms with van der Waals surface area (Å²) in [6.45, 7) is 8.13. The highest BCUT2D eigenvalue weighted by Crippen LogP contribution is 2.22. The first kappa shape index (κ1) is 19.8. The predicted molar refractivity (Wildman–Crippen MR) is 120 cm³/mol. The Morgan fingerprint density at radius 3 is 2.32 bits per heavy atom. The molecule has 1 aromatic heterocycles. The molecule has 0 amide bonds. The molecule has 0 saturated carbocycles. The van der Waals surface area contributed by atoms with Gasteiger partial charge in [0.1, 0.15) is 0 Å². The summed E-state index contributed by atoms with van der Waals surface area (Å²) in [4.78, 5) is 0.459. The summed E-state index contributed by atoms with van der Waals surface area (Å²) in [6.07, 6.45) is 3.85. The summed E-state index contributed by atoms with van der Waals surface area (Å²) < 4.78 is 1.87. The third-order valence-corrected chi connectivity index (χ3v) is 5.12. The first-order chi connectivity index (χ1) is 13.4. The fourth-order valence-electron chi connectivity index (χ4n) is 3.00. The minimum atomic E-state index is 0.143. The zero-order valence-corrected chi connectivity index (χ0v) is 17.5. The number of aliphatic hydroxyl groups excluding tert-OH is 1. The monoisotopic (exact) mass is 389 g/mol. The fourth-order valence-corrected chi connectivity index (χ4v) is 3.31. The predicted octanol–water partition coefficient (Wildman–Crippen LogP) is 5.53. The molecule has 0 aliphatic heterocycles. The number of hydrogen-bond donors (Lipinski definition) is 2. The molecule has 3 aromatic rings. The Labute approximate surface area is 172 Å². The molecule has 3 nitrogen and oxygen atoms in total. The minimum absolute atomic E-state index is 0.143. The Bertz CT molecular complexity index is 1070. The molecule has 0 aliphatic rings. The highest BCUT2D eigenvalue weighted by atomic mass is 32.1. The number of hydrogen-bond acceptors (Lipinski definition) is 2. The van der Waals surface area contributed by atoms with Crippen LogP contribution in [0.2, 0.25) is 0 Å². The number of anilines is 1. The van der Waals surface area contributed by atoms with Crippen molar-refractivity contribution in [3.05, 3.63) is 94.8 Å². The standard InChI is InChI=1S/C24H24N2OS/c1-16-8-7-13-26(15-16)22(23(27)20-12-11-17(2)19(4)14-20)24(28)25-21-10-6-5-9-18(21)3/h5-15H,1-4H3,(H-,25,27,28)/p+1.